The van der Waals surface area contributed by atoms with Gasteiger partial charge in [0.1, 0.15) is 0 Å². The predicted molar refractivity (Wildman–Crippen MR) is 77.0 cm³/mol. The van der Waals surface area contributed by atoms with Gasteiger partial charge in [-0.2, -0.15) is 0 Å². The summed E-state index contributed by atoms with van der Waals surface area (Å²) < 4.78 is 0. The van der Waals surface area contributed by atoms with Crippen molar-refractivity contribution in [1.29, 1.82) is 0 Å². The molecule has 0 radical (unpaired) electrons. The summed E-state index contributed by atoms with van der Waals surface area (Å²) in [7, 11) is 0. The highest BCUT2D eigenvalue weighted by Gasteiger charge is 2.34. The van der Waals surface area contributed by atoms with Gasteiger partial charge in [0, 0.05) is 0 Å². The minimum atomic E-state index is 0.792. The SMILES string of the molecule is CC.CC.CC1CCNC1.CCC1(C)CC1. The van der Waals surface area contributed by atoms with Gasteiger partial charge in [-0.1, -0.05) is 54.9 Å². The predicted octanol–water partition coefficient (Wildman–Crippen LogP) is 4.86. The molecular weight excluding hydrogens is 194 g/mol. The topological polar surface area (TPSA) is 12.0 Å². The van der Waals surface area contributed by atoms with Crippen molar-refractivity contribution in [3.63, 3.8) is 0 Å². The molecule has 0 bridgehead atoms. The molecule has 0 amide bonds. The summed E-state index contributed by atoms with van der Waals surface area (Å²) in [5, 5.41) is 3.27. The highest BCUT2D eigenvalue weighted by molar-refractivity contribution is 4.86. The molecule has 100 valence electrons. The van der Waals surface area contributed by atoms with E-state index in [4.69, 9.17) is 0 Å². The molecule has 16 heavy (non-hydrogen) atoms. The second-order valence-electron chi connectivity index (χ2n) is 4.76. The first-order valence-corrected chi connectivity index (χ1v) is 7.37. The average molecular weight is 229 g/mol. The maximum atomic E-state index is 3.27. The van der Waals surface area contributed by atoms with Crippen LogP contribution in [0.3, 0.4) is 0 Å². The van der Waals surface area contributed by atoms with Crippen molar-refractivity contribution in [2.45, 2.75) is 74.1 Å². The Morgan fingerprint density at radius 1 is 1.12 bits per heavy atom. The first-order valence-electron chi connectivity index (χ1n) is 7.37. The van der Waals surface area contributed by atoms with Crippen LogP contribution in [0.4, 0.5) is 0 Å². The molecule has 0 spiro atoms. The smallest absolute Gasteiger partial charge is 0.00227 e. The van der Waals surface area contributed by atoms with E-state index in [0.717, 1.165) is 11.3 Å². The van der Waals surface area contributed by atoms with E-state index in [0.29, 0.717) is 0 Å². The fourth-order valence-corrected chi connectivity index (χ4v) is 1.37. The van der Waals surface area contributed by atoms with E-state index < -0.39 is 0 Å². The quantitative estimate of drug-likeness (QED) is 0.677. The van der Waals surface area contributed by atoms with Crippen molar-refractivity contribution in [3.05, 3.63) is 0 Å². The Bertz CT molecular complexity index is 121. The Kier molecular flexibility index (Phi) is 13.1. The minimum absolute atomic E-state index is 0.792. The molecule has 1 unspecified atom stereocenters. The zero-order chi connectivity index (χ0) is 13.0. The number of hydrogen-bond acceptors (Lipinski definition) is 1. The average Bonchev–Trinajstić information content (AvgIpc) is 2.91. The molecule has 1 heterocycles. The van der Waals surface area contributed by atoms with Gasteiger partial charge in [0.15, 0.2) is 0 Å². The Balaban J connectivity index is 0. The molecule has 2 fully saturated rings. The lowest BCUT2D eigenvalue weighted by atomic mass is 10.1. The van der Waals surface area contributed by atoms with E-state index in [9.17, 15) is 0 Å². The molecule has 1 atom stereocenters. The summed E-state index contributed by atoms with van der Waals surface area (Å²) in [6, 6.07) is 0. The summed E-state index contributed by atoms with van der Waals surface area (Å²) in [5.41, 5.74) is 0.792. The lowest BCUT2D eigenvalue weighted by molar-refractivity contribution is 0.551. The molecule has 1 heteroatoms. The maximum Gasteiger partial charge on any atom is -0.00227 e. The first-order chi connectivity index (χ1) is 7.66. The molecule has 0 aromatic heterocycles. The Morgan fingerprint density at radius 3 is 1.69 bits per heavy atom. The fourth-order valence-electron chi connectivity index (χ4n) is 1.37. The molecule has 1 saturated carbocycles. The molecule has 1 aliphatic heterocycles. The molecule has 1 N–H and O–H groups in total. The van der Waals surface area contributed by atoms with Crippen molar-refractivity contribution in [1.82, 2.24) is 5.32 Å². The van der Waals surface area contributed by atoms with Crippen LogP contribution in [0.15, 0.2) is 0 Å². The maximum absolute atomic E-state index is 3.27. The standard InChI is InChI=1S/C6H12.C5H11N.2C2H6/c1-3-6(2)4-5-6;1-5-2-3-6-4-5;2*1-2/h3-5H2,1-2H3;5-6H,2-4H2,1H3;2*1-2H3. The van der Waals surface area contributed by atoms with E-state index in [-0.39, 0.29) is 0 Å². The highest BCUT2D eigenvalue weighted by Crippen LogP contribution is 2.47. The zero-order valence-corrected chi connectivity index (χ0v) is 12.8. The normalized spacial score (nSPS) is 23.8. The number of nitrogens with one attached hydrogen (secondary N) is 1. The Morgan fingerprint density at radius 2 is 1.62 bits per heavy atom. The molecule has 1 nitrogen and oxygen atoms in total. The van der Waals surface area contributed by atoms with Gasteiger partial charge in [0.2, 0.25) is 0 Å². The molecular formula is C15H35N. The van der Waals surface area contributed by atoms with Crippen LogP contribution in [0.2, 0.25) is 0 Å². The van der Waals surface area contributed by atoms with Gasteiger partial charge in [-0.15, -0.1) is 0 Å². The third-order valence-electron chi connectivity index (χ3n) is 3.26. The summed E-state index contributed by atoms with van der Waals surface area (Å²) in [4.78, 5) is 0. The van der Waals surface area contributed by atoms with Crippen LogP contribution in [-0.4, -0.2) is 13.1 Å². The number of hydrogen-bond donors (Lipinski definition) is 1. The zero-order valence-electron chi connectivity index (χ0n) is 12.8. The molecule has 2 aliphatic rings. The van der Waals surface area contributed by atoms with Gasteiger partial charge in [-0.05, 0) is 43.7 Å². The van der Waals surface area contributed by atoms with Crippen LogP contribution >= 0.6 is 0 Å². The van der Waals surface area contributed by atoms with Gasteiger partial charge in [0.05, 0.1) is 0 Å². The first kappa shape index (κ1) is 18.3. The van der Waals surface area contributed by atoms with E-state index in [1.54, 1.807) is 0 Å². The summed E-state index contributed by atoms with van der Waals surface area (Å²) >= 11 is 0. The molecule has 2 rings (SSSR count). The van der Waals surface area contributed by atoms with Crippen LogP contribution < -0.4 is 5.32 Å². The minimum Gasteiger partial charge on any atom is -0.316 e. The largest absolute Gasteiger partial charge is 0.316 e. The van der Waals surface area contributed by atoms with E-state index in [1.807, 2.05) is 27.7 Å². The van der Waals surface area contributed by atoms with E-state index >= 15 is 0 Å². The van der Waals surface area contributed by atoms with Crippen molar-refractivity contribution in [3.8, 4) is 0 Å². The molecule has 1 aliphatic carbocycles. The fraction of sp³-hybridized carbons (Fsp3) is 1.00. The lowest BCUT2D eigenvalue weighted by Crippen LogP contribution is -2.06. The van der Waals surface area contributed by atoms with Crippen LogP contribution in [0.5, 0.6) is 0 Å². The molecule has 1 saturated heterocycles. The Hall–Kier alpha value is -0.0400. The monoisotopic (exact) mass is 229 g/mol. The van der Waals surface area contributed by atoms with Crippen LogP contribution in [0.1, 0.15) is 74.1 Å². The second-order valence-corrected chi connectivity index (χ2v) is 4.76. The van der Waals surface area contributed by atoms with E-state index in [2.05, 4.69) is 26.1 Å². The van der Waals surface area contributed by atoms with Gasteiger partial charge in [-0.25, -0.2) is 0 Å². The van der Waals surface area contributed by atoms with Crippen molar-refractivity contribution in [2.75, 3.05) is 13.1 Å². The van der Waals surface area contributed by atoms with Crippen LogP contribution in [0.25, 0.3) is 0 Å². The lowest BCUT2D eigenvalue weighted by Gasteiger charge is -1.96. The van der Waals surface area contributed by atoms with Crippen LogP contribution in [-0.2, 0) is 0 Å². The summed E-state index contributed by atoms with van der Waals surface area (Å²) in [6.45, 7) is 17.4. The second kappa shape index (κ2) is 11.4. The summed E-state index contributed by atoms with van der Waals surface area (Å²) in [5.74, 6) is 0.935. The Labute approximate surface area is 104 Å². The molecule has 0 aromatic rings. The summed E-state index contributed by atoms with van der Waals surface area (Å²) in [6.07, 6.45) is 5.71. The van der Waals surface area contributed by atoms with Gasteiger partial charge >= 0.3 is 0 Å². The van der Waals surface area contributed by atoms with Crippen molar-refractivity contribution < 1.29 is 0 Å². The van der Waals surface area contributed by atoms with Crippen molar-refractivity contribution in [2.24, 2.45) is 11.3 Å². The number of rotatable bonds is 1. The van der Waals surface area contributed by atoms with Crippen molar-refractivity contribution >= 4 is 0 Å². The third kappa shape index (κ3) is 10.5. The van der Waals surface area contributed by atoms with Crippen LogP contribution in [0, 0.1) is 11.3 Å². The van der Waals surface area contributed by atoms with Gasteiger partial charge < -0.3 is 5.32 Å². The highest BCUT2D eigenvalue weighted by atomic mass is 14.9. The van der Waals surface area contributed by atoms with Gasteiger partial charge in [-0.3, -0.25) is 0 Å². The molecule has 0 aromatic carbocycles. The van der Waals surface area contributed by atoms with Gasteiger partial charge in [0.25, 0.3) is 0 Å². The third-order valence-corrected chi connectivity index (χ3v) is 3.26. The van der Waals surface area contributed by atoms with E-state index in [1.165, 1.54) is 38.8 Å².